The lowest BCUT2D eigenvalue weighted by molar-refractivity contribution is -0.138. The van der Waals surface area contributed by atoms with Crippen molar-refractivity contribution in [2.45, 2.75) is 36.3 Å². The molecule has 0 aromatic carbocycles. The quantitative estimate of drug-likeness (QED) is 0.803. The Morgan fingerprint density at radius 2 is 1.79 bits per heavy atom. The molecule has 6 heteroatoms. The first-order chi connectivity index (χ1) is 9.16. The number of nitrogens with zero attached hydrogens (tertiary/aromatic N) is 1. The van der Waals surface area contributed by atoms with Gasteiger partial charge < -0.3 is 10.6 Å². The molecule has 1 aliphatic heterocycles. The molecule has 2 aliphatic carbocycles. The number of nitrogens with two attached hydrogens (primary N) is 1. The molecule has 2 amide bonds. The summed E-state index contributed by atoms with van der Waals surface area (Å²) >= 11 is 3.41. The van der Waals surface area contributed by atoms with E-state index in [0.29, 0.717) is 11.8 Å². The molecule has 3 aliphatic rings. The molecule has 0 aromatic rings. The molecule has 2 saturated carbocycles. The second-order valence-corrected chi connectivity index (χ2v) is 8.42. The van der Waals surface area contributed by atoms with Crippen LogP contribution in [0.1, 0.15) is 25.7 Å². The Morgan fingerprint density at radius 1 is 1.16 bits per heavy atom. The van der Waals surface area contributed by atoms with E-state index in [2.05, 4.69) is 0 Å². The summed E-state index contributed by atoms with van der Waals surface area (Å²) in [6.07, 6.45) is 4.44. The monoisotopic (exact) mass is 300 g/mol. The number of thioether (sulfide) groups is 2. The predicted octanol–water partition coefficient (Wildman–Crippen LogP) is 1.30. The van der Waals surface area contributed by atoms with Crippen molar-refractivity contribution in [2.75, 3.05) is 18.1 Å². The number of hydrogen-bond acceptors (Lipinski definition) is 4. The molecular weight excluding hydrogens is 280 g/mol. The summed E-state index contributed by atoms with van der Waals surface area (Å²) in [6.45, 7) is 0.737. The highest BCUT2D eigenvalue weighted by molar-refractivity contribution is 8.21. The van der Waals surface area contributed by atoms with E-state index in [1.165, 1.54) is 12.8 Å². The van der Waals surface area contributed by atoms with Crippen LogP contribution in [0.2, 0.25) is 0 Å². The lowest BCUT2D eigenvalue weighted by Gasteiger charge is -2.31. The summed E-state index contributed by atoms with van der Waals surface area (Å²) in [5, 5.41) is 0. The van der Waals surface area contributed by atoms with Gasteiger partial charge >= 0.3 is 0 Å². The van der Waals surface area contributed by atoms with Gasteiger partial charge in [-0.2, -0.15) is 0 Å². The third-order valence-electron chi connectivity index (χ3n) is 3.95. The molecule has 3 rings (SSSR count). The third-order valence-corrected chi connectivity index (χ3v) is 6.92. The number of primary amides is 1. The van der Waals surface area contributed by atoms with Crippen molar-refractivity contribution < 1.29 is 9.59 Å². The van der Waals surface area contributed by atoms with Crippen molar-refractivity contribution in [3.63, 3.8) is 0 Å². The maximum atomic E-state index is 12.7. The fraction of sp³-hybridized carbons (Fsp3) is 0.846. The normalized spacial score (nSPS) is 25.3. The summed E-state index contributed by atoms with van der Waals surface area (Å²) in [5.41, 5.74) is 5.56. The number of hydrogen-bond donors (Lipinski definition) is 1. The van der Waals surface area contributed by atoms with E-state index < -0.39 is 0 Å². The minimum Gasteiger partial charge on any atom is -0.368 e. The minimum absolute atomic E-state index is 0.0145. The fourth-order valence-electron chi connectivity index (χ4n) is 2.61. The van der Waals surface area contributed by atoms with E-state index in [1.807, 2.05) is 4.90 Å². The molecule has 4 nitrogen and oxygen atoms in total. The molecule has 106 valence electrons. The van der Waals surface area contributed by atoms with Crippen LogP contribution in [0.3, 0.4) is 0 Å². The highest BCUT2D eigenvalue weighted by Gasteiger charge is 2.44. The van der Waals surface area contributed by atoms with Crippen molar-refractivity contribution in [1.82, 2.24) is 4.90 Å². The van der Waals surface area contributed by atoms with Gasteiger partial charge in [0, 0.05) is 18.1 Å². The van der Waals surface area contributed by atoms with E-state index in [0.717, 1.165) is 30.9 Å². The number of amides is 2. The smallest absolute Gasteiger partial charge is 0.246 e. The van der Waals surface area contributed by atoms with Crippen LogP contribution >= 0.6 is 23.5 Å². The number of carbonyl (C=O) groups excluding carboxylic acids is 2. The highest BCUT2D eigenvalue weighted by atomic mass is 32.2. The average molecular weight is 300 g/mol. The molecule has 0 bridgehead atoms. The van der Waals surface area contributed by atoms with Gasteiger partial charge in [0.25, 0.3) is 0 Å². The SMILES string of the molecule is NC(=O)C(C1CC1)N(CC1CC1)C(=O)C1SCCS1. The fourth-order valence-corrected chi connectivity index (χ4v) is 5.32. The van der Waals surface area contributed by atoms with Crippen LogP contribution in [0.4, 0.5) is 0 Å². The van der Waals surface area contributed by atoms with Crippen molar-refractivity contribution in [2.24, 2.45) is 17.6 Å². The van der Waals surface area contributed by atoms with Gasteiger partial charge in [-0.05, 0) is 37.5 Å². The van der Waals surface area contributed by atoms with Crippen LogP contribution < -0.4 is 5.73 Å². The van der Waals surface area contributed by atoms with Gasteiger partial charge in [-0.3, -0.25) is 9.59 Å². The largest absolute Gasteiger partial charge is 0.368 e. The molecule has 1 unspecified atom stereocenters. The van der Waals surface area contributed by atoms with Gasteiger partial charge in [0.15, 0.2) is 0 Å². The van der Waals surface area contributed by atoms with Crippen LogP contribution in [0.25, 0.3) is 0 Å². The van der Waals surface area contributed by atoms with Crippen LogP contribution in [-0.2, 0) is 9.59 Å². The first-order valence-electron chi connectivity index (χ1n) is 7.00. The zero-order chi connectivity index (χ0) is 13.4. The van der Waals surface area contributed by atoms with Crippen LogP contribution in [-0.4, -0.2) is 45.4 Å². The van der Waals surface area contributed by atoms with Gasteiger partial charge in [0.1, 0.15) is 10.6 Å². The maximum absolute atomic E-state index is 12.7. The van der Waals surface area contributed by atoms with Crippen molar-refractivity contribution >= 4 is 35.3 Å². The van der Waals surface area contributed by atoms with Gasteiger partial charge in [0.2, 0.25) is 11.8 Å². The molecule has 1 atom stereocenters. The second-order valence-electron chi connectivity index (χ2n) is 5.69. The van der Waals surface area contributed by atoms with Crippen LogP contribution in [0, 0.1) is 11.8 Å². The van der Waals surface area contributed by atoms with Crippen molar-refractivity contribution in [3.05, 3.63) is 0 Å². The Balaban J connectivity index is 1.74. The zero-order valence-corrected chi connectivity index (χ0v) is 12.5. The van der Waals surface area contributed by atoms with E-state index in [9.17, 15) is 9.59 Å². The molecule has 1 saturated heterocycles. The van der Waals surface area contributed by atoms with Crippen LogP contribution in [0.15, 0.2) is 0 Å². The van der Waals surface area contributed by atoms with E-state index in [1.54, 1.807) is 23.5 Å². The second kappa shape index (κ2) is 5.56. The summed E-state index contributed by atoms with van der Waals surface area (Å²) < 4.78 is -0.0145. The van der Waals surface area contributed by atoms with Gasteiger partial charge in [-0.1, -0.05) is 0 Å². The van der Waals surface area contributed by atoms with Gasteiger partial charge in [-0.15, -0.1) is 23.5 Å². The topological polar surface area (TPSA) is 63.4 Å². The molecule has 0 aromatic heterocycles. The molecule has 0 radical (unpaired) electrons. The minimum atomic E-state index is -0.352. The highest BCUT2D eigenvalue weighted by Crippen LogP contribution is 2.40. The molecule has 2 N–H and O–H groups in total. The first kappa shape index (κ1) is 13.6. The molecule has 0 spiro atoms. The molecule has 3 fully saturated rings. The van der Waals surface area contributed by atoms with Gasteiger partial charge in [0.05, 0.1) is 0 Å². The summed E-state index contributed by atoms with van der Waals surface area (Å²) in [7, 11) is 0. The number of rotatable bonds is 6. The van der Waals surface area contributed by atoms with E-state index >= 15 is 0 Å². The maximum Gasteiger partial charge on any atom is 0.246 e. The van der Waals surface area contributed by atoms with Gasteiger partial charge in [-0.25, -0.2) is 0 Å². The lowest BCUT2D eigenvalue weighted by Crippen LogP contribution is -2.52. The third kappa shape index (κ3) is 3.21. The lowest BCUT2D eigenvalue weighted by atomic mass is 10.1. The molecular formula is C13H20N2O2S2. The molecule has 19 heavy (non-hydrogen) atoms. The Labute approximate surface area is 122 Å². The van der Waals surface area contributed by atoms with Crippen LogP contribution in [0.5, 0.6) is 0 Å². The Bertz CT molecular complexity index is 377. The number of carbonyl (C=O) groups is 2. The first-order valence-corrected chi connectivity index (χ1v) is 9.09. The van der Waals surface area contributed by atoms with E-state index in [-0.39, 0.29) is 22.4 Å². The van der Waals surface area contributed by atoms with E-state index in [4.69, 9.17) is 5.73 Å². The van der Waals surface area contributed by atoms with Crippen molar-refractivity contribution in [1.29, 1.82) is 0 Å². The summed E-state index contributed by atoms with van der Waals surface area (Å²) in [6, 6.07) is -0.352. The Morgan fingerprint density at radius 3 is 2.26 bits per heavy atom. The summed E-state index contributed by atoms with van der Waals surface area (Å²) in [5.74, 6) is 2.80. The Hall–Kier alpha value is -0.360. The predicted molar refractivity (Wildman–Crippen MR) is 78.8 cm³/mol. The standard InChI is InChI=1S/C13H20N2O2S2/c14-11(16)10(9-3-4-9)15(7-8-1-2-8)12(17)13-18-5-6-19-13/h8-10,13H,1-7H2,(H2,14,16). The zero-order valence-electron chi connectivity index (χ0n) is 10.9. The molecule has 1 heterocycles. The Kier molecular flexibility index (Phi) is 3.98. The van der Waals surface area contributed by atoms with Crippen molar-refractivity contribution in [3.8, 4) is 0 Å². The summed E-state index contributed by atoms with van der Waals surface area (Å²) in [4.78, 5) is 26.2. The average Bonchev–Trinajstić information content (AvgIpc) is 3.29.